The summed E-state index contributed by atoms with van der Waals surface area (Å²) in [5, 5.41) is 28.5. The van der Waals surface area contributed by atoms with E-state index in [-0.39, 0.29) is 6.04 Å². The summed E-state index contributed by atoms with van der Waals surface area (Å²) in [5.74, 6) is -0.852. The maximum Gasteiger partial charge on any atom is 0.411 e. The van der Waals surface area contributed by atoms with Gasteiger partial charge in [0.25, 0.3) is 0 Å². The Bertz CT molecular complexity index is 1310. The zero-order chi connectivity index (χ0) is 27.1. The molecule has 1 aliphatic heterocycles. The van der Waals surface area contributed by atoms with E-state index in [4.69, 9.17) is 4.74 Å². The third-order valence-corrected chi connectivity index (χ3v) is 7.76. The second kappa shape index (κ2) is 9.51. The third kappa shape index (κ3) is 4.88. The van der Waals surface area contributed by atoms with Crippen LogP contribution in [0.15, 0.2) is 66.7 Å². The molecule has 1 saturated carbocycles. The number of carbonyl (C=O) groups excluding carboxylic acids is 1. The summed E-state index contributed by atoms with van der Waals surface area (Å²) in [6, 6.07) is 20.7. The molecule has 2 atom stereocenters. The number of amides is 1. The van der Waals surface area contributed by atoms with Crippen LogP contribution in [0.3, 0.4) is 0 Å². The first-order valence-corrected chi connectivity index (χ1v) is 13.0. The highest BCUT2D eigenvalue weighted by molar-refractivity contribution is 5.84. The number of aliphatic hydroxyl groups is 1. The van der Waals surface area contributed by atoms with Crippen molar-refractivity contribution < 1.29 is 24.5 Å². The van der Waals surface area contributed by atoms with Crippen molar-refractivity contribution in [2.75, 3.05) is 6.54 Å². The summed E-state index contributed by atoms with van der Waals surface area (Å²) in [4.78, 5) is 26.6. The second-order valence-electron chi connectivity index (χ2n) is 11.1. The van der Waals surface area contributed by atoms with Crippen LogP contribution in [-0.2, 0) is 20.5 Å². The Hall–Kier alpha value is -3.78. The number of ether oxygens (including phenoxy) is 1. The average Bonchev–Trinajstić information content (AvgIpc) is 3.71. The van der Waals surface area contributed by atoms with Crippen molar-refractivity contribution in [1.82, 2.24) is 15.1 Å². The highest BCUT2D eigenvalue weighted by atomic mass is 16.6. The van der Waals surface area contributed by atoms with Gasteiger partial charge in [-0.25, -0.2) is 4.79 Å². The fourth-order valence-electron chi connectivity index (χ4n) is 5.45. The first-order chi connectivity index (χ1) is 18.0. The predicted molar refractivity (Wildman–Crippen MR) is 141 cm³/mol. The number of hydrogen-bond donors (Lipinski definition) is 2. The van der Waals surface area contributed by atoms with Crippen LogP contribution in [-0.4, -0.2) is 49.5 Å². The SMILES string of the molecule is CC(c1ccc(-c2ccc(C3(C(=O)O)CC3)nn2)cc1)N1CCC(CC(C)(C)O)(c2ccccc2)OC1=O. The van der Waals surface area contributed by atoms with Crippen LogP contribution >= 0.6 is 0 Å². The molecule has 38 heavy (non-hydrogen) atoms. The van der Waals surface area contributed by atoms with Gasteiger partial charge in [0, 0.05) is 24.9 Å². The Balaban J connectivity index is 1.30. The molecular formula is C30H33N3O5. The second-order valence-corrected chi connectivity index (χ2v) is 11.1. The summed E-state index contributed by atoms with van der Waals surface area (Å²) in [6.45, 7) is 5.93. The van der Waals surface area contributed by atoms with Gasteiger partial charge in [0.15, 0.2) is 0 Å². The Morgan fingerprint density at radius 1 is 1.03 bits per heavy atom. The van der Waals surface area contributed by atoms with Gasteiger partial charge in [-0.05, 0) is 56.9 Å². The highest BCUT2D eigenvalue weighted by Crippen LogP contribution is 2.47. The van der Waals surface area contributed by atoms with Gasteiger partial charge in [0.1, 0.15) is 11.0 Å². The lowest BCUT2D eigenvalue weighted by molar-refractivity contribution is -0.140. The number of aromatic nitrogens is 2. The molecule has 0 bridgehead atoms. The Kier molecular flexibility index (Phi) is 6.47. The number of nitrogens with zero attached hydrogens (tertiary/aromatic N) is 3. The monoisotopic (exact) mass is 515 g/mol. The summed E-state index contributed by atoms with van der Waals surface area (Å²) >= 11 is 0. The van der Waals surface area contributed by atoms with Crippen LogP contribution in [0.4, 0.5) is 4.79 Å². The molecule has 5 rings (SSSR count). The average molecular weight is 516 g/mol. The standard InChI is InChI=1S/C30H33N3O5/c1-20(33-18-17-30(38-27(33)36,19-28(2,3)37)23-7-5-4-6-8-23)21-9-11-22(12-10-21)24-13-14-25(32-31-24)29(15-16-29)26(34)35/h4-14,20,37H,15-19H2,1-3H3,(H,34,35). The molecule has 2 unspecified atom stereocenters. The zero-order valence-electron chi connectivity index (χ0n) is 21.9. The maximum atomic E-state index is 13.3. The van der Waals surface area contributed by atoms with Crippen LogP contribution in [0.25, 0.3) is 11.3 Å². The van der Waals surface area contributed by atoms with E-state index in [2.05, 4.69) is 10.2 Å². The summed E-state index contributed by atoms with van der Waals surface area (Å²) in [7, 11) is 0. The quantitative estimate of drug-likeness (QED) is 0.423. The number of carbonyl (C=O) groups is 2. The number of cyclic esters (lactones) is 1. The van der Waals surface area contributed by atoms with Crippen molar-refractivity contribution in [2.45, 2.75) is 69.1 Å². The Morgan fingerprint density at radius 2 is 1.71 bits per heavy atom. The minimum atomic E-state index is -1.01. The van der Waals surface area contributed by atoms with Crippen molar-refractivity contribution in [3.05, 3.63) is 83.6 Å². The smallest absolute Gasteiger partial charge is 0.411 e. The fourth-order valence-corrected chi connectivity index (χ4v) is 5.45. The molecule has 0 spiro atoms. The topological polar surface area (TPSA) is 113 Å². The molecule has 2 aromatic carbocycles. The number of aliphatic carboxylic acids is 1. The van der Waals surface area contributed by atoms with E-state index in [1.165, 1.54) is 0 Å². The molecular weight excluding hydrogens is 482 g/mol. The molecule has 8 heteroatoms. The van der Waals surface area contributed by atoms with Gasteiger partial charge >= 0.3 is 12.1 Å². The van der Waals surface area contributed by atoms with Gasteiger partial charge in [0.05, 0.1) is 23.0 Å². The summed E-state index contributed by atoms with van der Waals surface area (Å²) < 4.78 is 6.11. The van der Waals surface area contributed by atoms with Crippen LogP contribution in [0, 0.1) is 0 Å². The number of benzene rings is 2. The lowest BCUT2D eigenvalue weighted by atomic mass is 9.80. The molecule has 0 radical (unpaired) electrons. The van der Waals surface area contributed by atoms with E-state index in [0.717, 1.165) is 16.7 Å². The number of hydrogen-bond acceptors (Lipinski definition) is 6. The molecule has 2 N–H and O–H groups in total. The molecule has 1 amide bonds. The Morgan fingerprint density at radius 3 is 2.24 bits per heavy atom. The fraction of sp³-hybridized carbons (Fsp3) is 0.400. The van der Waals surface area contributed by atoms with E-state index in [9.17, 15) is 19.8 Å². The van der Waals surface area contributed by atoms with Crippen molar-refractivity contribution in [3.63, 3.8) is 0 Å². The summed E-state index contributed by atoms with van der Waals surface area (Å²) in [5.41, 5.74) is 1.08. The van der Waals surface area contributed by atoms with E-state index < -0.39 is 28.7 Å². The van der Waals surface area contributed by atoms with Gasteiger partial charge in [0.2, 0.25) is 0 Å². The van der Waals surface area contributed by atoms with Crippen LogP contribution in [0.5, 0.6) is 0 Å². The molecule has 8 nitrogen and oxygen atoms in total. The van der Waals surface area contributed by atoms with Crippen LogP contribution in [0.1, 0.15) is 69.3 Å². The lowest BCUT2D eigenvalue weighted by Crippen LogP contribution is -2.51. The van der Waals surface area contributed by atoms with E-state index >= 15 is 0 Å². The third-order valence-electron chi connectivity index (χ3n) is 7.76. The van der Waals surface area contributed by atoms with Gasteiger partial charge < -0.3 is 19.8 Å². The number of carboxylic acids is 1. The van der Waals surface area contributed by atoms with Crippen molar-refractivity contribution >= 4 is 12.1 Å². The lowest BCUT2D eigenvalue weighted by Gasteiger charge is -2.45. The highest BCUT2D eigenvalue weighted by Gasteiger charge is 2.53. The van der Waals surface area contributed by atoms with Crippen LogP contribution < -0.4 is 0 Å². The van der Waals surface area contributed by atoms with E-state index in [0.29, 0.717) is 43.6 Å². The van der Waals surface area contributed by atoms with E-state index in [1.54, 1.807) is 30.9 Å². The normalized spacial score (nSPS) is 21.5. The van der Waals surface area contributed by atoms with E-state index in [1.807, 2.05) is 61.5 Å². The minimum Gasteiger partial charge on any atom is -0.481 e. The summed E-state index contributed by atoms with van der Waals surface area (Å²) in [6.07, 6.45) is 1.64. The molecule has 2 fully saturated rings. The van der Waals surface area contributed by atoms with Gasteiger partial charge in [-0.1, -0.05) is 54.6 Å². The molecule has 3 aromatic rings. The van der Waals surface area contributed by atoms with Crippen LogP contribution in [0.2, 0.25) is 0 Å². The minimum absolute atomic E-state index is 0.216. The molecule has 198 valence electrons. The molecule has 2 heterocycles. The first kappa shape index (κ1) is 25.9. The maximum absolute atomic E-state index is 13.3. The molecule has 2 aliphatic rings. The van der Waals surface area contributed by atoms with Gasteiger partial charge in [-0.15, -0.1) is 0 Å². The number of carboxylic acid groups (broad SMARTS) is 1. The molecule has 1 aliphatic carbocycles. The number of rotatable bonds is 8. The first-order valence-electron chi connectivity index (χ1n) is 13.0. The van der Waals surface area contributed by atoms with Crippen molar-refractivity contribution in [2.24, 2.45) is 0 Å². The molecule has 1 aromatic heterocycles. The van der Waals surface area contributed by atoms with Gasteiger partial charge in [-0.2, -0.15) is 10.2 Å². The predicted octanol–water partition coefficient (Wildman–Crippen LogP) is 5.22. The van der Waals surface area contributed by atoms with Gasteiger partial charge in [-0.3, -0.25) is 4.79 Å². The Labute approximate surface area is 222 Å². The molecule has 1 saturated heterocycles. The van der Waals surface area contributed by atoms with Crippen molar-refractivity contribution in [1.29, 1.82) is 0 Å². The zero-order valence-corrected chi connectivity index (χ0v) is 21.9. The largest absolute Gasteiger partial charge is 0.481 e. The van der Waals surface area contributed by atoms with Crippen molar-refractivity contribution in [3.8, 4) is 11.3 Å².